The van der Waals surface area contributed by atoms with E-state index in [-0.39, 0.29) is 0 Å². The highest BCUT2D eigenvalue weighted by atomic mass is 35.5. The molecule has 0 spiro atoms. The molecule has 0 atom stereocenters. The van der Waals surface area contributed by atoms with Gasteiger partial charge in [-0.1, -0.05) is 11.6 Å². The first kappa shape index (κ1) is 6.42. The highest BCUT2D eigenvalue weighted by Crippen LogP contribution is 2.20. The van der Waals surface area contributed by atoms with Crippen LogP contribution in [0.2, 0.25) is 5.15 Å². The Balaban J connectivity index is 2.97. The van der Waals surface area contributed by atoms with Crippen molar-refractivity contribution < 1.29 is 4.79 Å². The first-order valence-electron chi connectivity index (χ1n) is 2.02. The van der Waals surface area contributed by atoms with Crippen molar-refractivity contribution in [1.29, 1.82) is 0 Å². The van der Waals surface area contributed by atoms with Gasteiger partial charge in [0.15, 0.2) is 0 Å². The van der Waals surface area contributed by atoms with Gasteiger partial charge in [0, 0.05) is 5.38 Å². The number of rotatable bonds is 1. The summed E-state index contributed by atoms with van der Waals surface area (Å²) in [6.45, 7) is 0. The van der Waals surface area contributed by atoms with Crippen LogP contribution in [0.3, 0.4) is 0 Å². The number of nitrogens with zero attached hydrogens (tertiary/aromatic N) is 2. The molecule has 0 aliphatic rings. The second-order valence-electron chi connectivity index (χ2n) is 1.16. The zero-order valence-electron chi connectivity index (χ0n) is 4.17. The Morgan fingerprint density at radius 1 is 1.89 bits per heavy atom. The summed E-state index contributed by atoms with van der Waals surface area (Å²) < 4.78 is 0. The average molecular weight is 161 g/mol. The van der Waals surface area contributed by atoms with E-state index in [1.807, 2.05) is 0 Å². The summed E-state index contributed by atoms with van der Waals surface area (Å²) >= 11 is 6.61. The maximum Gasteiger partial charge on any atom is 0.242 e. The molecule has 0 saturated heterocycles. The minimum atomic E-state index is 0.343. The number of thiazole rings is 1. The summed E-state index contributed by atoms with van der Waals surface area (Å²) in [5.41, 5.74) is 0. The normalized spacial score (nSPS) is 8.56. The van der Waals surface area contributed by atoms with Gasteiger partial charge in [-0.25, -0.2) is 9.78 Å². The Bertz CT molecular complexity index is 253. The van der Waals surface area contributed by atoms with Crippen LogP contribution in [-0.4, -0.2) is 11.1 Å². The lowest BCUT2D eigenvalue weighted by molar-refractivity contribution is 0.565. The average Bonchev–Trinajstić information content (AvgIpc) is 2.17. The molecule has 0 aliphatic heterocycles. The third-order valence-corrected chi connectivity index (χ3v) is 1.66. The number of hydrogen-bond acceptors (Lipinski definition) is 4. The Morgan fingerprint density at radius 2 is 2.67 bits per heavy atom. The van der Waals surface area contributed by atoms with Gasteiger partial charge in [0.1, 0.15) is 5.15 Å². The molecular weight excluding hydrogens is 160 g/mol. The van der Waals surface area contributed by atoms with Crippen molar-refractivity contribution in [2.24, 2.45) is 4.99 Å². The van der Waals surface area contributed by atoms with Gasteiger partial charge in [-0.05, 0) is 0 Å². The molecule has 0 bridgehead atoms. The molecule has 46 valence electrons. The van der Waals surface area contributed by atoms with E-state index in [1.165, 1.54) is 17.4 Å². The SMILES string of the molecule is O=C=Nc1nc(Cl)cs1. The van der Waals surface area contributed by atoms with Gasteiger partial charge in [-0.2, -0.15) is 0 Å². The van der Waals surface area contributed by atoms with Crippen LogP contribution in [-0.2, 0) is 4.79 Å². The molecule has 0 aliphatic carbocycles. The van der Waals surface area contributed by atoms with Gasteiger partial charge in [0.05, 0.1) is 0 Å². The molecule has 5 heteroatoms. The van der Waals surface area contributed by atoms with Crippen molar-refractivity contribution in [3.63, 3.8) is 0 Å². The van der Waals surface area contributed by atoms with E-state index in [1.54, 1.807) is 5.38 Å². The minimum Gasteiger partial charge on any atom is -0.211 e. The number of aliphatic imine (C=N–C) groups is 1. The Labute approximate surface area is 60.0 Å². The van der Waals surface area contributed by atoms with Gasteiger partial charge in [-0.15, -0.1) is 16.3 Å². The smallest absolute Gasteiger partial charge is 0.211 e. The summed E-state index contributed by atoms with van der Waals surface area (Å²) in [6, 6.07) is 0. The van der Waals surface area contributed by atoms with Crippen molar-refractivity contribution in [3.05, 3.63) is 10.5 Å². The minimum absolute atomic E-state index is 0.343. The maximum atomic E-state index is 9.62. The lowest BCUT2D eigenvalue weighted by Gasteiger charge is -1.70. The highest BCUT2D eigenvalue weighted by molar-refractivity contribution is 7.13. The molecule has 1 aromatic heterocycles. The number of carbonyl (C=O) groups excluding carboxylic acids is 1. The van der Waals surface area contributed by atoms with Crippen molar-refractivity contribution in [2.45, 2.75) is 0 Å². The number of isocyanates is 1. The first-order chi connectivity index (χ1) is 4.33. The van der Waals surface area contributed by atoms with E-state index in [9.17, 15) is 4.79 Å². The monoisotopic (exact) mass is 160 g/mol. The van der Waals surface area contributed by atoms with Crippen LogP contribution in [0.4, 0.5) is 5.13 Å². The predicted octanol–water partition coefficient (Wildman–Crippen LogP) is 1.76. The molecule has 0 fully saturated rings. The molecule has 0 radical (unpaired) electrons. The number of aromatic nitrogens is 1. The van der Waals surface area contributed by atoms with Crippen LogP contribution in [0.5, 0.6) is 0 Å². The third kappa shape index (κ3) is 1.61. The quantitative estimate of drug-likeness (QED) is 0.464. The molecule has 3 nitrogen and oxygen atoms in total. The molecule has 9 heavy (non-hydrogen) atoms. The largest absolute Gasteiger partial charge is 0.242 e. The topological polar surface area (TPSA) is 42.3 Å². The maximum absolute atomic E-state index is 9.62. The van der Waals surface area contributed by atoms with Crippen LogP contribution < -0.4 is 0 Å². The summed E-state index contributed by atoms with van der Waals surface area (Å²) in [5.74, 6) is 0. The van der Waals surface area contributed by atoms with Gasteiger partial charge in [-0.3, -0.25) is 0 Å². The fraction of sp³-hybridized carbons (Fsp3) is 0. The van der Waals surface area contributed by atoms with Crippen LogP contribution in [0.15, 0.2) is 10.4 Å². The lowest BCUT2D eigenvalue weighted by atomic mass is 11.0. The van der Waals surface area contributed by atoms with Crippen molar-refractivity contribution in [2.75, 3.05) is 0 Å². The van der Waals surface area contributed by atoms with E-state index in [4.69, 9.17) is 11.6 Å². The number of hydrogen-bond donors (Lipinski definition) is 0. The van der Waals surface area contributed by atoms with Gasteiger partial charge in [0.2, 0.25) is 11.2 Å². The zero-order valence-corrected chi connectivity index (χ0v) is 5.74. The van der Waals surface area contributed by atoms with Crippen molar-refractivity contribution in [1.82, 2.24) is 4.98 Å². The van der Waals surface area contributed by atoms with E-state index in [2.05, 4.69) is 9.98 Å². The fourth-order valence-corrected chi connectivity index (χ4v) is 1.10. The molecule has 0 saturated carbocycles. The summed E-state index contributed by atoms with van der Waals surface area (Å²) in [7, 11) is 0. The second-order valence-corrected chi connectivity index (χ2v) is 2.38. The Kier molecular flexibility index (Phi) is 1.95. The third-order valence-electron chi connectivity index (χ3n) is 0.605. The molecular formula is C4HClN2OS. The van der Waals surface area contributed by atoms with Gasteiger partial charge < -0.3 is 0 Å². The molecule has 0 aromatic carbocycles. The predicted molar refractivity (Wildman–Crippen MR) is 34.9 cm³/mol. The Hall–Kier alpha value is -0.700. The number of halogens is 1. The highest BCUT2D eigenvalue weighted by Gasteiger charge is 1.94. The standard InChI is InChI=1S/C4HClN2OS/c5-3-1-9-4(7-3)6-2-8/h1H. The van der Waals surface area contributed by atoms with Gasteiger partial charge in [0.25, 0.3) is 0 Å². The van der Waals surface area contributed by atoms with E-state index >= 15 is 0 Å². The molecule has 0 amide bonds. The van der Waals surface area contributed by atoms with E-state index in [0.29, 0.717) is 10.3 Å². The molecule has 1 rings (SSSR count). The molecule has 0 unspecified atom stereocenters. The van der Waals surface area contributed by atoms with Crippen molar-refractivity contribution >= 4 is 34.1 Å². The zero-order chi connectivity index (χ0) is 6.69. The molecule has 0 N–H and O–H groups in total. The molecule has 1 aromatic rings. The molecule has 1 heterocycles. The van der Waals surface area contributed by atoms with Crippen molar-refractivity contribution in [3.8, 4) is 0 Å². The Morgan fingerprint density at radius 3 is 3.11 bits per heavy atom. The summed E-state index contributed by atoms with van der Waals surface area (Å²) in [5, 5.41) is 2.29. The van der Waals surface area contributed by atoms with E-state index < -0.39 is 0 Å². The lowest BCUT2D eigenvalue weighted by Crippen LogP contribution is -1.58. The van der Waals surface area contributed by atoms with Gasteiger partial charge >= 0.3 is 0 Å². The fourth-order valence-electron chi connectivity index (χ4n) is 0.336. The second kappa shape index (κ2) is 2.73. The van der Waals surface area contributed by atoms with Crippen LogP contribution in [0.25, 0.3) is 0 Å². The first-order valence-corrected chi connectivity index (χ1v) is 3.27. The van der Waals surface area contributed by atoms with Crippen LogP contribution >= 0.6 is 22.9 Å². The summed E-state index contributed by atoms with van der Waals surface area (Å²) in [4.78, 5) is 16.5. The van der Waals surface area contributed by atoms with Crippen LogP contribution in [0.1, 0.15) is 0 Å². The summed E-state index contributed by atoms with van der Waals surface area (Å²) in [6.07, 6.45) is 1.36. The van der Waals surface area contributed by atoms with E-state index in [0.717, 1.165) is 0 Å². The van der Waals surface area contributed by atoms with Crippen LogP contribution in [0, 0.1) is 0 Å².